The van der Waals surface area contributed by atoms with Gasteiger partial charge in [-0.2, -0.15) is 0 Å². The summed E-state index contributed by atoms with van der Waals surface area (Å²) in [6.07, 6.45) is 4.00. The van der Waals surface area contributed by atoms with Crippen molar-refractivity contribution in [3.63, 3.8) is 0 Å². The van der Waals surface area contributed by atoms with Crippen molar-refractivity contribution < 1.29 is 22.6 Å². The van der Waals surface area contributed by atoms with Crippen molar-refractivity contribution in [2.75, 3.05) is 5.73 Å². The Morgan fingerprint density at radius 1 is 0.865 bits per heavy atom. The van der Waals surface area contributed by atoms with Gasteiger partial charge < -0.3 is 15.2 Å². The third-order valence-corrected chi connectivity index (χ3v) is 6.19. The molecule has 0 fully saturated rings. The molecule has 0 saturated carbocycles. The van der Waals surface area contributed by atoms with Gasteiger partial charge in [0.05, 0.1) is 33.8 Å². The second-order valence-electron chi connectivity index (χ2n) is 8.37. The predicted octanol–water partition coefficient (Wildman–Crippen LogP) is 8.28. The second-order valence-corrected chi connectivity index (χ2v) is 9.18. The van der Waals surface area contributed by atoms with Crippen LogP contribution in [-0.2, 0) is 12.8 Å². The maximum absolute atomic E-state index is 14.9. The van der Waals surface area contributed by atoms with E-state index in [4.69, 9.17) is 38.4 Å². The summed E-state index contributed by atoms with van der Waals surface area (Å²) in [6.45, 7) is 3.86. The lowest BCUT2D eigenvalue weighted by Crippen LogP contribution is -2.05. The molecular formula is C27H22Cl2F3N3O2. The summed E-state index contributed by atoms with van der Waals surface area (Å²) in [5.41, 5.74) is 8.44. The molecule has 4 aromatic rings. The average molecular weight is 548 g/mol. The van der Waals surface area contributed by atoms with Gasteiger partial charge in [-0.3, -0.25) is 9.97 Å². The van der Waals surface area contributed by atoms with Gasteiger partial charge in [0.25, 0.3) is 0 Å². The van der Waals surface area contributed by atoms with Crippen molar-refractivity contribution in [3.05, 3.63) is 99.3 Å². The van der Waals surface area contributed by atoms with E-state index < -0.39 is 17.5 Å². The minimum atomic E-state index is -0.957. The molecule has 2 N–H and O–H groups in total. The number of ether oxygens (including phenoxy) is 2. The zero-order chi connectivity index (χ0) is 26.7. The maximum Gasteiger partial charge on any atom is 0.181 e. The van der Waals surface area contributed by atoms with E-state index in [2.05, 4.69) is 9.97 Å². The van der Waals surface area contributed by atoms with Crippen LogP contribution in [0.15, 0.2) is 54.9 Å². The predicted molar refractivity (Wildman–Crippen MR) is 137 cm³/mol. The molecular weight excluding hydrogens is 526 g/mol. The first-order valence-electron chi connectivity index (χ1n) is 11.3. The minimum absolute atomic E-state index is 0.0884. The summed E-state index contributed by atoms with van der Waals surface area (Å²) >= 11 is 12.2. The van der Waals surface area contributed by atoms with Gasteiger partial charge in [-0.05, 0) is 54.7 Å². The molecule has 0 aliphatic rings. The standard InChI is InChI=1S/C27H22Cl2F3N3O2/c1-3-17-4-5-18(12-34-17)36-26-20(28)7-15(8-22(26)31)14(2)6-25-24(33)11-19(13-35-25)37-27-21(29)9-16(30)10-23(27)32/h4-5,7-14H,3,6,33H2,1-2H3/t14-/m0/s1. The number of hydrogen-bond acceptors (Lipinski definition) is 5. The lowest BCUT2D eigenvalue weighted by atomic mass is 9.95. The first kappa shape index (κ1) is 26.6. The van der Waals surface area contributed by atoms with Gasteiger partial charge in [0.1, 0.15) is 17.3 Å². The fraction of sp³-hybridized carbons (Fsp3) is 0.185. The van der Waals surface area contributed by atoms with E-state index in [1.54, 1.807) is 18.2 Å². The number of halogens is 5. The van der Waals surface area contributed by atoms with Crippen LogP contribution >= 0.6 is 23.2 Å². The molecule has 0 radical (unpaired) electrons. The zero-order valence-electron chi connectivity index (χ0n) is 19.9. The Bertz CT molecular complexity index is 1390. The van der Waals surface area contributed by atoms with E-state index in [-0.39, 0.29) is 38.9 Å². The molecule has 2 aromatic carbocycles. The largest absolute Gasteiger partial charge is 0.451 e. The molecule has 10 heteroatoms. The monoisotopic (exact) mass is 547 g/mol. The second kappa shape index (κ2) is 11.3. The van der Waals surface area contributed by atoms with Crippen molar-refractivity contribution in [1.29, 1.82) is 0 Å². The summed E-state index contributed by atoms with van der Waals surface area (Å²) in [6, 6.07) is 9.54. The van der Waals surface area contributed by atoms with Crippen molar-refractivity contribution in [1.82, 2.24) is 9.97 Å². The van der Waals surface area contributed by atoms with Crippen molar-refractivity contribution in [2.45, 2.75) is 32.6 Å². The topological polar surface area (TPSA) is 70.3 Å². The molecule has 0 saturated heterocycles. The number of aromatic nitrogens is 2. The molecule has 192 valence electrons. The van der Waals surface area contributed by atoms with Crippen molar-refractivity contribution >= 4 is 28.9 Å². The number of pyridine rings is 2. The summed E-state index contributed by atoms with van der Waals surface area (Å²) in [5.74, 6) is -2.53. The molecule has 0 bridgehead atoms. The Morgan fingerprint density at radius 2 is 1.51 bits per heavy atom. The molecule has 0 unspecified atom stereocenters. The van der Waals surface area contributed by atoms with E-state index in [0.29, 0.717) is 29.5 Å². The van der Waals surface area contributed by atoms with E-state index in [1.165, 1.54) is 24.5 Å². The number of benzene rings is 2. The molecule has 2 aromatic heterocycles. The Kier molecular flexibility index (Phi) is 8.10. The number of nitrogens with zero attached hydrogens (tertiary/aromatic N) is 2. The molecule has 5 nitrogen and oxygen atoms in total. The highest BCUT2D eigenvalue weighted by atomic mass is 35.5. The van der Waals surface area contributed by atoms with Crippen LogP contribution in [0.2, 0.25) is 10.0 Å². The quantitative estimate of drug-likeness (QED) is 0.240. The minimum Gasteiger partial charge on any atom is -0.451 e. The van der Waals surface area contributed by atoms with Crippen LogP contribution in [0.4, 0.5) is 18.9 Å². The van der Waals surface area contributed by atoms with Gasteiger partial charge in [-0.25, -0.2) is 13.2 Å². The van der Waals surface area contributed by atoms with Crippen LogP contribution in [0.25, 0.3) is 0 Å². The van der Waals surface area contributed by atoms with Crippen molar-refractivity contribution in [2.24, 2.45) is 0 Å². The highest BCUT2D eigenvalue weighted by Crippen LogP contribution is 2.37. The molecule has 37 heavy (non-hydrogen) atoms. The van der Waals surface area contributed by atoms with Gasteiger partial charge in [0.15, 0.2) is 23.1 Å². The normalized spacial score (nSPS) is 11.9. The first-order chi connectivity index (χ1) is 17.6. The number of nitrogens with two attached hydrogens (primary N) is 1. The van der Waals surface area contributed by atoms with Gasteiger partial charge in [0, 0.05) is 17.8 Å². The van der Waals surface area contributed by atoms with Gasteiger partial charge in [-0.15, -0.1) is 0 Å². The lowest BCUT2D eigenvalue weighted by Gasteiger charge is -2.16. The molecule has 2 heterocycles. The van der Waals surface area contributed by atoms with Crippen LogP contribution in [0.1, 0.15) is 36.7 Å². The number of rotatable bonds is 8. The van der Waals surface area contributed by atoms with E-state index in [1.807, 2.05) is 13.8 Å². The van der Waals surface area contributed by atoms with Gasteiger partial charge >= 0.3 is 0 Å². The third-order valence-electron chi connectivity index (χ3n) is 5.63. The number of anilines is 1. The lowest BCUT2D eigenvalue weighted by molar-refractivity contribution is 0.436. The smallest absolute Gasteiger partial charge is 0.181 e. The molecule has 0 aliphatic carbocycles. The third kappa shape index (κ3) is 6.26. The average Bonchev–Trinajstić information content (AvgIpc) is 2.85. The van der Waals surface area contributed by atoms with Gasteiger partial charge in [-0.1, -0.05) is 37.0 Å². The maximum atomic E-state index is 14.9. The summed E-state index contributed by atoms with van der Waals surface area (Å²) in [5, 5.41) is -0.112. The van der Waals surface area contributed by atoms with E-state index >= 15 is 0 Å². The van der Waals surface area contributed by atoms with Gasteiger partial charge in [0.2, 0.25) is 0 Å². The fourth-order valence-electron chi connectivity index (χ4n) is 3.63. The Morgan fingerprint density at radius 3 is 2.11 bits per heavy atom. The molecule has 0 aliphatic heterocycles. The number of nitrogen functional groups attached to an aromatic ring is 1. The SMILES string of the molecule is CCc1ccc(Oc2c(F)cc([C@@H](C)Cc3ncc(Oc4c(F)cc(F)cc4Cl)cc3N)cc2Cl)cn1. The Balaban J connectivity index is 1.48. The van der Waals surface area contributed by atoms with Crippen LogP contribution < -0.4 is 15.2 Å². The van der Waals surface area contributed by atoms with Crippen LogP contribution in [0.3, 0.4) is 0 Å². The fourth-order valence-corrected chi connectivity index (χ4v) is 4.12. The zero-order valence-corrected chi connectivity index (χ0v) is 21.4. The summed E-state index contributed by atoms with van der Waals surface area (Å²) < 4.78 is 53.3. The summed E-state index contributed by atoms with van der Waals surface area (Å²) in [4.78, 5) is 8.54. The highest BCUT2D eigenvalue weighted by molar-refractivity contribution is 6.32. The van der Waals surface area contributed by atoms with Crippen LogP contribution in [0, 0.1) is 17.5 Å². The number of hydrogen-bond donors (Lipinski definition) is 1. The van der Waals surface area contributed by atoms with Crippen LogP contribution in [0.5, 0.6) is 23.0 Å². The molecule has 0 spiro atoms. The highest BCUT2D eigenvalue weighted by Gasteiger charge is 2.18. The first-order valence-corrected chi connectivity index (χ1v) is 12.1. The molecule has 4 rings (SSSR count). The molecule has 1 atom stereocenters. The Labute approximate surface area is 222 Å². The van der Waals surface area contributed by atoms with E-state index in [9.17, 15) is 13.2 Å². The van der Waals surface area contributed by atoms with Crippen LogP contribution in [-0.4, -0.2) is 9.97 Å². The van der Waals surface area contributed by atoms with E-state index in [0.717, 1.165) is 18.2 Å². The Hall–Kier alpha value is -3.49. The number of aryl methyl sites for hydroxylation is 1. The summed E-state index contributed by atoms with van der Waals surface area (Å²) in [7, 11) is 0. The molecule has 0 amide bonds. The van der Waals surface area contributed by atoms with Crippen molar-refractivity contribution in [3.8, 4) is 23.0 Å².